The van der Waals surface area contributed by atoms with Gasteiger partial charge in [0, 0.05) is 5.56 Å². The summed E-state index contributed by atoms with van der Waals surface area (Å²) in [6.07, 6.45) is 2.76. The predicted molar refractivity (Wildman–Crippen MR) is 45.5 cm³/mol. The molecule has 1 aromatic rings. The van der Waals surface area contributed by atoms with Crippen molar-refractivity contribution >= 4 is 0 Å². The highest BCUT2D eigenvalue weighted by atomic mass is 16.5. The van der Waals surface area contributed by atoms with E-state index in [0.29, 0.717) is 0 Å². The van der Waals surface area contributed by atoms with Crippen LogP contribution in [-0.2, 0) is 5.54 Å². The largest absolute Gasteiger partial charge is 0.361 e. The zero-order valence-corrected chi connectivity index (χ0v) is 7.72. The van der Waals surface area contributed by atoms with Gasteiger partial charge in [-0.3, -0.25) is 0 Å². The van der Waals surface area contributed by atoms with Crippen LogP contribution in [0, 0.1) is 12.3 Å². The van der Waals surface area contributed by atoms with Crippen LogP contribution in [0.2, 0.25) is 0 Å². The van der Waals surface area contributed by atoms with Gasteiger partial charge in [0.25, 0.3) is 0 Å². The van der Waals surface area contributed by atoms with Crippen molar-refractivity contribution in [1.82, 2.24) is 5.16 Å². The molecule has 0 aromatic carbocycles. The van der Waals surface area contributed by atoms with Crippen LogP contribution in [0.5, 0.6) is 0 Å². The van der Waals surface area contributed by atoms with Crippen molar-refractivity contribution in [3.63, 3.8) is 0 Å². The topological polar surface area (TPSA) is 52.0 Å². The molecule has 1 fully saturated rings. The molecule has 0 radical (unpaired) electrons. The third kappa shape index (κ3) is 0.771. The van der Waals surface area contributed by atoms with E-state index in [2.05, 4.69) is 19.0 Å². The minimum absolute atomic E-state index is 0.197. The number of rotatable bonds is 1. The number of aromatic nitrogens is 1. The molecule has 1 aliphatic rings. The fourth-order valence-corrected chi connectivity index (χ4v) is 1.84. The Morgan fingerprint density at radius 3 is 2.50 bits per heavy atom. The van der Waals surface area contributed by atoms with Crippen molar-refractivity contribution in [2.24, 2.45) is 11.1 Å². The summed E-state index contributed by atoms with van der Waals surface area (Å²) in [7, 11) is 0. The van der Waals surface area contributed by atoms with E-state index in [9.17, 15) is 0 Å². The van der Waals surface area contributed by atoms with Crippen LogP contribution in [0.15, 0.2) is 10.7 Å². The normalized spacial score (nSPS) is 32.0. The molecule has 3 heteroatoms. The van der Waals surface area contributed by atoms with Gasteiger partial charge in [-0.05, 0) is 18.8 Å². The van der Waals surface area contributed by atoms with E-state index in [1.54, 1.807) is 6.20 Å². The smallest absolute Gasteiger partial charge is 0.138 e. The minimum Gasteiger partial charge on any atom is -0.361 e. The first-order valence-electron chi connectivity index (χ1n) is 4.18. The maximum absolute atomic E-state index is 6.19. The summed E-state index contributed by atoms with van der Waals surface area (Å²) in [6, 6.07) is 0. The van der Waals surface area contributed by atoms with Gasteiger partial charge in [-0.1, -0.05) is 19.0 Å². The van der Waals surface area contributed by atoms with Crippen molar-refractivity contribution in [3.8, 4) is 0 Å². The maximum Gasteiger partial charge on any atom is 0.138 e. The molecule has 0 saturated heterocycles. The Morgan fingerprint density at radius 1 is 1.58 bits per heavy atom. The molecule has 1 aromatic heterocycles. The van der Waals surface area contributed by atoms with Crippen molar-refractivity contribution in [2.45, 2.75) is 32.7 Å². The highest BCUT2D eigenvalue weighted by Crippen LogP contribution is 2.60. The Bertz CT molecular complexity index is 316. The highest BCUT2D eigenvalue weighted by Gasteiger charge is 2.60. The molecule has 0 aliphatic heterocycles. The SMILES string of the molecule is Cc1oncc1C1(N)CC1(C)C. The molecule has 1 aliphatic carbocycles. The van der Waals surface area contributed by atoms with E-state index < -0.39 is 0 Å². The first-order valence-corrected chi connectivity index (χ1v) is 4.18. The van der Waals surface area contributed by atoms with Gasteiger partial charge in [-0.2, -0.15) is 0 Å². The molecule has 2 N–H and O–H groups in total. The molecule has 0 spiro atoms. The third-order valence-corrected chi connectivity index (χ3v) is 3.03. The summed E-state index contributed by atoms with van der Waals surface area (Å²) >= 11 is 0. The van der Waals surface area contributed by atoms with Crippen LogP contribution < -0.4 is 5.73 Å². The summed E-state index contributed by atoms with van der Waals surface area (Å²) < 4.78 is 4.99. The Hall–Kier alpha value is -0.830. The Labute approximate surface area is 71.9 Å². The van der Waals surface area contributed by atoms with E-state index >= 15 is 0 Å². The van der Waals surface area contributed by atoms with Crippen molar-refractivity contribution < 1.29 is 4.52 Å². The summed E-state index contributed by atoms with van der Waals surface area (Å²) in [5, 5.41) is 3.74. The lowest BCUT2D eigenvalue weighted by atomic mass is 9.98. The first kappa shape index (κ1) is 7.80. The molecule has 1 saturated carbocycles. The monoisotopic (exact) mass is 166 g/mol. The second-order valence-electron chi connectivity index (χ2n) is 4.33. The fourth-order valence-electron chi connectivity index (χ4n) is 1.84. The van der Waals surface area contributed by atoms with Crippen LogP contribution >= 0.6 is 0 Å². The lowest BCUT2D eigenvalue weighted by molar-refractivity contribution is 0.392. The lowest BCUT2D eigenvalue weighted by Crippen LogP contribution is -2.25. The van der Waals surface area contributed by atoms with Crippen LogP contribution in [0.25, 0.3) is 0 Å². The van der Waals surface area contributed by atoms with E-state index in [0.717, 1.165) is 17.7 Å². The maximum atomic E-state index is 6.19. The van der Waals surface area contributed by atoms with Crippen molar-refractivity contribution in [3.05, 3.63) is 17.5 Å². The second-order valence-corrected chi connectivity index (χ2v) is 4.33. The molecule has 66 valence electrons. The Balaban J connectivity index is 2.40. The van der Waals surface area contributed by atoms with Gasteiger partial charge in [-0.15, -0.1) is 0 Å². The molecule has 1 unspecified atom stereocenters. The second kappa shape index (κ2) is 1.91. The minimum atomic E-state index is -0.197. The summed E-state index contributed by atoms with van der Waals surface area (Å²) in [5.74, 6) is 0.850. The average Bonchev–Trinajstić information content (AvgIpc) is 2.36. The van der Waals surface area contributed by atoms with E-state index in [4.69, 9.17) is 10.3 Å². The van der Waals surface area contributed by atoms with Gasteiger partial charge >= 0.3 is 0 Å². The summed E-state index contributed by atoms with van der Waals surface area (Å²) in [4.78, 5) is 0. The van der Waals surface area contributed by atoms with Gasteiger partial charge in [0.15, 0.2) is 0 Å². The van der Waals surface area contributed by atoms with Gasteiger partial charge in [-0.25, -0.2) is 0 Å². The molecule has 0 amide bonds. The molecule has 12 heavy (non-hydrogen) atoms. The zero-order chi connectivity index (χ0) is 8.98. The third-order valence-electron chi connectivity index (χ3n) is 3.03. The van der Waals surface area contributed by atoms with Gasteiger partial charge in [0.05, 0.1) is 11.7 Å². The fraction of sp³-hybridized carbons (Fsp3) is 0.667. The predicted octanol–water partition coefficient (Wildman–Crippen LogP) is 1.57. The summed E-state index contributed by atoms with van der Waals surface area (Å²) in [6.45, 7) is 6.24. The quantitative estimate of drug-likeness (QED) is 0.689. The molecule has 1 heterocycles. The number of hydrogen-bond acceptors (Lipinski definition) is 3. The van der Waals surface area contributed by atoms with Crippen molar-refractivity contribution in [1.29, 1.82) is 0 Å². The van der Waals surface area contributed by atoms with E-state index in [1.807, 2.05) is 6.92 Å². The summed E-state index contributed by atoms with van der Waals surface area (Å²) in [5.41, 5.74) is 7.25. The van der Waals surface area contributed by atoms with Crippen LogP contribution in [0.3, 0.4) is 0 Å². The molecular formula is C9H14N2O. The Kier molecular flexibility index (Phi) is 1.24. The zero-order valence-electron chi connectivity index (χ0n) is 7.72. The van der Waals surface area contributed by atoms with Crippen LogP contribution in [0.4, 0.5) is 0 Å². The van der Waals surface area contributed by atoms with Gasteiger partial charge < -0.3 is 10.3 Å². The van der Waals surface area contributed by atoms with E-state index in [1.165, 1.54) is 0 Å². The first-order chi connectivity index (χ1) is 5.47. The number of nitrogens with zero attached hydrogens (tertiary/aromatic N) is 1. The molecule has 3 nitrogen and oxygen atoms in total. The van der Waals surface area contributed by atoms with Crippen molar-refractivity contribution in [2.75, 3.05) is 0 Å². The standard InChI is InChI=1S/C9H14N2O/c1-6-7(4-11-12-6)9(10)5-8(9,2)3/h4H,5,10H2,1-3H3. The molecule has 1 atom stereocenters. The van der Waals surface area contributed by atoms with E-state index in [-0.39, 0.29) is 11.0 Å². The lowest BCUT2D eigenvalue weighted by Gasteiger charge is -2.12. The Morgan fingerprint density at radius 2 is 2.17 bits per heavy atom. The molecular weight excluding hydrogens is 152 g/mol. The number of nitrogens with two attached hydrogens (primary N) is 1. The highest BCUT2D eigenvalue weighted by molar-refractivity contribution is 5.34. The molecule has 0 bridgehead atoms. The van der Waals surface area contributed by atoms with Crippen LogP contribution in [-0.4, -0.2) is 5.16 Å². The van der Waals surface area contributed by atoms with Crippen LogP contribution in [0.1, 0.15) is 31.6 Å². The average molecular weight is 166 g/mol. The van der Waals surface area contributed by atoms with Gasteiger partial charge in [0.2, 0.25) is 0 Å². The molecule has 2 rings (SSSR count). The van der Waals surface area contributed by atoms with Gasteiger partial charge in [0.1, 0.15) is 5.76 Å². The number of hydrogen-bond donors (Lipinski definition) is 1. The number of aryl methyl sites for hydroxylation is 1.